The first-order chi connectivity index (χ1) is 16.7. The SMILES string of the molecule is CC(=O)Nc1ccc(-n2cnc3cc(-c4ccc(OCCN5CCOCC5)cc4)ccc32)cc1. The number of carbonyl (C=O) groups is 1. The van der Waals surface area contributed by atoms with Gasteiger partial charge < -0.3 is 14.8 Å². The summed E-state index contributed by atoms with van der Waals surface area (Å²) in [7, 11) is 0. The van der Waals surface area contributed by atoms with Crippen LogP contribution in [0.5, 0.6) is 5.75 Å². The number of imidazole rings is 1. The Labute approximate surface area is 198 Å². The van der Waals surface area contributed by atoms with Gasteiger partial charge in [-0.15, -0.1) is 0 Å². The topological polar surface area (TPSA) is 68.6 Å². The molecule has 1 aliphatic rings. The largest absolute Gasteiger partial charge is 0.492 e. The van der Waals surface area contributed by atoms with Gasteiger partial charge in [0.1, 0.15) is 18.7 Å². The third-order valence-electron chi connectivity index (χ3n) is 5.98. The number of aromatic nitrogens is 2. The van der Waals surface area contributed by atoms with E-state index in [0.717, 1.165) is 72.1 Å². The number of ether oxygens (including phenoxy) is 2. The highest BCUT2D eigenvalue weighted by molar-refractivity contribution is 5.89. The molecule has 7 heteroatoms. The molecular formula is C27H28N4O3. The van der Waals surface area contributed by atoms with Gasteiger partial charge in [0.2, 0.25) is 5.91 Å². The summed E-state index contributed by atoms with van der Waals surface area (Å²) in [5, 5.41) is 2.79. The van der Waals surface area contributed by atoms with Gasteiger partial charge in [0.25, 0.3) is 0 Å². The third-order valence-corrected chi connectivity index (χ3v) is 5.98. The second-order valence-electron chi connectivity index (χ2n) is 8.37. The van der Waals surface area contributed by atoms with E-state index >= 15 is 0 Å². The molecule has 1 N–H and O–H groups in total. The fourth-order valence-electron chi connectivity index (χ4n) is 4.17. The molecule has 1 aromatic heterocycles. The van der Waals surface area contributed by atoms with E-state index in [9.17, 15) is 4.79 Å². The highest BCUT2D eigenvalue weighted by atomic mass is 16.5. The molecule has 1 saturated heterocycles. The highest BCUT2D eigenvalue weighted by Gasteiger charge is 2.10. The van der Waals surface area contributed by atoms with Crippen molar-refractivity contribution in [3.8, 4) is 22.6 Å². The lowest BCUT2D eigenvalue weighted by atomic mass is 10.0. The summed E-state index contributed by atoms with van der Waals surface area (Å²) < 4.78 is 13.4. The number of fused-ring (bicyclic) bond motifs is 1. The van der Waals surface area contributed by atoms with Gasteiger partial charge in [-0.25, -0.2) is 4.98 Å². The molecule has 7 nitrogen and oxygen atoms in total. The summed E-state index contributed by atoms with van der Waals surface area (Å²) >= 11 is 0. The van der Waals surface area contributed by atoms with Crippen LogP contribution in [0.15, 0.2) is 73.1 Å². The fraction of sp³-hybridized carbons (Fsp3) is 0.259. The Kier molecular flexibility index (Phi) is 6.56. The minimum Gasteiger partial charge on any atom is -0.492 e. The molecule has 2 heterocycles. The Balaban J connectivity index is 1.26. The zero-order valence-electron chi connectivity index (χ0n) is 19.2. The average Bonchev–Trinajstić information content (AvgIpc) is 3.29. The van der Waals surface area contributed by atoms with Crippen molar-refractivity contribution in [3.63, 3.8) is 0 Å². The highest BCUT2D eigenvalue weighted by Crippen LogP contribution is 2.27. The van der Waals surface area contributed by atoms with Gasteiger partial charge in [0, 0.05) is 37.9 Å². The zero-order valence-corrected chi connectivity index (χ0v) is 19.2. The summed E-state index contributed by atoms with van der Waals surface area (Å²) in [5.74, 6) is 0.797. The first-order valence-corrected chi connectivity index (χ1v) is 11.5. The number of amides is 1. The smallest absolute Gasteiger partial charge is 0.221 e. The summed E-state index contributed by atoms with van der Waals surface area (Å²) in [6, 6.07) is 22.2. The Morgan fingerprint density at radius 1 is 1.00 bits per heavy atom. The fourth-order valence-corrected chi connectivity index (χ4v) is 4.17. The molecule has 0 radical (unpaired) electrons. The van der Waals surface area contributed by atoms with Crippen molar-refractivity contribution in [1.82, 2.24) is 14.5 Å². The lowest BCUT2D eigenvalue weighted by Gasteiger charge is -2.26. The lowest BCUT2D eigenvalue weighted by Crippen LogP contribution is -2.38. The van der Waals surface area contributed by atoms with Gasteiger partial charge >= 0.3 is 0 Å². The van der Waals surface area contributed by atoms with E-state index in [4.69, 9.17) is 9.47 Å². The number of morpholine rings is 1. The molecule has 1 aliphatic heterocycles. The van der Waals surface area contributed by atoms with Gasteiger partial charge in [-0.3, -0.25) is 14.3 Å². The maximum atomic E-state index is 11.2. The maximum Gasteiger partial charge on any atom is 0.221 e. The number of anilines is 1. The normalized spacial score (nSPS) is 14.3. The Morgan fingerprint density at radius 3 is 2.47 bits per heavy atom. The van der Waals surface area contributed by atoms with Crippen LogP contribution >= 0.6 is 0 Å². The molecule has 0 atom stereocenters. The van der Waals surface area contributed by atoms with Crippen molar-refractivity contribution in [2.45, 2.75) is 6.92 Å². The van der Waals surface area contributed by atoms with Crippen LogP contribution < -0.4 is 10.1 Å². The molecule has 174 valence electrons. The van der Waals surface area contributed by atoms with Crippen LogP contribution in [0.4, 0.5) is 5.69 Å². The molecule has 1 amide bonds. The predicted molar refractivity (Wildman–Crippen MR) is 134 cm³/mol. The lowest BCUT2D eigenvalue weighted by molar-refractivity contribution is -0.114. The molecule has 0 saturated carbocycles. The van der Waals surface area contributed by atoms with Crippen LogP contribution in [0, 0.1) is 0 Å². The van der Waals surface area contributed by atoms with Gasteiger partial charge in [-0.1, -0.05) is 18.2 Å². The van der Waals surface area contributed by atoms with E-state index in [1.54, 1.807) is 0 Å². The molecule has 0 unspecified atom stereocenters. The summed E-state index contributed by atoms with van der Waals surface area (Å²) in [6.07, 6.45) is 1.83. The number of rotatable bonds is 7. The summed E-state index contributed by atoms with van der Waals surface area (Å²) in [6.45, 7) is 6.66. The minimum absolute atomic E-state index is 0.0825. The number of nitrogens with one attached hydrogen (secondary N) is 1. The van der Waals surface area contributed by atoms with E-state index in [2.05, 4.69) is 45.5 Å². The van der Waals surface area contributed by atoms with Crippen molar-refractivity contribution >= 4 is 22.6 Å². The molecule has 0 spiro atoms. The van der Waals surface area contributed by atoms with Gasteiger partial charge in [-0.2, -0.15) is 0 Å². The van der Waals surface area contributed by atoms with E-state index in [0.29, 0.717) is 6.61 Å². The molecule has 0 aliphatic carbocycles. The summed E-state index contributed by atoms with van der Waals surface area (Å²) in [5.41, 5.74) is 5.95. The third kappa shape index (κ3) is 5.11. The molecule has 3 aromatic carbocycles. The second kappa shape index (κ2) is 10.1. The molecule has 1 fully saturated rings. The average molecular weight is 457 g/mol. The van der Waals surface area contributed by atoms with E-state index < -0.39 is 0 Å². The molecule has 34 heavy (non-hydrogen) atoms. The number of carbonyl (C=O) groups excluding carboxylic acids is 1. The number of hydrogen-bond donors (Lipinski definition) is 1. The number of benzene rings is 3. The van der Waals surface area contributed by atoms with Gasteiger partial charge in [-0.05, 0) is 59.7 Å². The van der Waals surface area contributed by atoms with Crippen molar-refractivity contribution < 1.29 is 14.3 Å². The first-order valence-electron chi connectivity index (χ1n) is 11.5. The first kappa shape index (κ1) is 22.1. The van der Waals surface area contributed by atoms with Crippen molar-refractivity contribution in [1.29, 1.82) is 0 Å². The number of nitrogens with zero attached hydrogens (tertiary/aromatic N) is 3. The van der Waals surface area contributed by atoms with Crippen LogP contribution in [0.2, 0.25) is 0 Å². The van der Waals surface area contributed by atoms with Crippen molar-refractivity contribution in [2.75, 3.05) is 44.8 Å². The second-order valence-corrected chi connectivity index (χ2v) is 8.37. The standard InChI is InChI=1S/C27H28N4O3/c1-20(32)29-23-5-7-24(8-6-23)31-19-28-26-18-22(4-11-27(26)31)21-2-9-25(10-3-21)34-17-14-30-12-15-33-16-13-30/h2-11,18-19H,12-17H2,1H3,(H,29,32). The van der Waals surface area contributed by atoms with Crippen molar-refractivity contribution in [2.24, 2.45) is 0 Å². The van der Waals surface area contributed by atoms with Crippen LogP contribution in [-0.4, -0.2) is 59.8 Å². The minimum atomic E-state index is -0.0825. The molecular weight excluding hydrogens is 428 g/mol. The monoisotopic (exact) mass is 456 g/mol. The van der Waals surface area contributed by atoms with E-state index in [1.165, 1.54) is 6.92 Å². The molecule has 5 rings (SSSR count). The molecule has 4 aromatic rings. The van der Waals surface area contributed by atoms with E-state index in [-0.39, 0.29) is 5.91 Å². The predicted octanol–water partition coefficient (Wildman–Crippen LogP) is 4.36. The zero-order chi connectivity index (χ0) is 23.3. The van der Waals surface area contributed by atoms with Crippen LogP contribution in [0.1, 0.15) is 6.92 Å². The Morgan fingerprint density at radius 2 is 1.74 bits per heavy atom. The summed E-state index contributed by atoms with van der Waals surface area (Å²) in [4.78, 5) is 18.2. The Hall–Kier alpha value is -3.68. The van der Waals surface area contributed by atoms with E-state index in [1.807, 2.05) is 47.3 Å². The van der Waals surface area contributed by atoms with Crippen LogP contribution in [-0.2, 0) is 9.53 Å². The van der Waals surface area contributed by atoms with Crippen LogP contribution in [0.3, 0.4) is 0 Å². The van der Waals surface area contributed by atoms with Crippen molar-refractivity contribution in [3.05, 3.63) is 73.1 Å². The maximum absolute atomic E-state index is 11.2. The molecule has 0 bridgehead atoms. The van der Waals surface area contributed by atoms with Crippen LogP contribution in [0.25, 0.3) is 27.8 Å². The Bertz CT molecular complexity index is 1260. The van der Waals surface area contributed by atoms with Gasteiger partial charge in [0.05, 0.1) is 24.2 Å². The number of hydrogen-bond acceptors (Lipinski definition) is 5. The quantitative estimate of drug-likeness (QED) is 0.448. The van der Waals surface area contributed by atoms with Gasteiger partial charge in [0.15, 0.2) is 0 Å².